The molecule has 0 radical (unpaired) electrons. The largest absolute Gasteiger partial charge is 0.263 e. The van der Waals surface area contributed by atoms with E-state index in [9.17, 15) is 0 Å². The number of nitrogens with zero attached hydrogens (tertiary/aromatic N) is 7. The van der Waals surface area contributed by atoms with Crippen LogP contribution >= 0.6 is 0 Å². The fourth-order valence-electron chi connectivity index (χ4n) is 4.34. The first kappa shape index (κ1) is 20.1. The summed E-state index contributed by atoms with van der Waals surface area (Å²) in [5.41, 5.74) is 7.96. The summed E-state index contributed by atoms with van der Waals surface area (Å²) in [7, 11) is 0. The molecule has 3 heterocycles. The van der Waals surface area contributed by atoms with Crippen molar-refractivity contribution in [3.05, 3.63) is 71.2 Å². The van der Waals surface area contributed by atoms with Gasteiger partial charge >= 0.3 is 0 Å². The molecule has 0 saturated heterocycles. The van der Waals surface area contributed by atoms with Crippen molar-refractivity contribution in [1.29, 1.82) is 0 Å². The van der Waals surface area contributed by atoms with Gasteiger partial charge in [-0.3, -0.25) is 4.68 Å². The normalized spacial score (nSPS) is 11.5. The first-order valence-corrected chi connectivity index (χ1v) is 11.1. The van der Waals surface area contributed by atoms with E-state index in [4.69, 9.17) is 10.1 Å². The molecule has 0 spiro atoms. The van der Waals surface area contributed by atoms with Crippen LogP contribution in [0.15, 0.2) is 48.5 Å². The minimum absolute atomic E-state index is 0.594. The third kappa shape index (κ3) is 3.37. The van der Waals surface area contributed by atoms with Crippen molar-refractivity contribution >= 4 is 5.65 Å². The maximum atomic E-state index is 4.77. The number of H-pyrrole nitrogens is 1. The molecule has 32 heavy (non-hydrogen) atoms. The average Bonchev–Trinajstić information content (AvgIpc) is 3.56. The summed E-state index contributed by atoms with van der Waals surface area (Å²) in [5.74, 6) is 1.48. The summed E-state index contributed by atoms with van der Waals surface area (Å²) in [6.45, 7) is 7.23. The molecular weight excluding hydrogens is 400 g/mol. The Morgan fingerprint density at radius 1 is 0.875 bits per heavy atom. The highest BCUT2D eigenvalue weighted by molar-refractivity contribution is 5.80. The van der Waals surface area contributed by atoms with Gasteiger partial charge in [-0.1, -0.05) is 69.3 Å². The van der Waals surface area contributed by atoms with Crippen molar-refractivity contribution in [2.75, 3.05) is 0 Å². The van der Waals surface area contributed by atoms with Gasteiger partial charge in [0.2, 0.25) is 5.82 Å². The summed E-state index contributed by atoms with van der Waals surface area (Å²) in [6, 6.07) is 16.8. The number of hydrogen-bond donors (Lipinski definition) is 1. The predicted octanol–water partition coefficient (Wildman–Crippen LogP) is 4.11. The van der Waals surface area contributed by atoms with Gasteiger partial charge in [-0.25, -0.2) is 4.98 Å². The maximum Gasteiger partial charge on any atom is 0.205 e. The number of tetrazole rings is 1. The van der Waals surface area contributed by atoms with Crippen molar-refractivity contribution in [2.24, 2.45) is 0 Å². The Kier molecular flexibility index (Phi) is 5.26. The van der Waals surface area contributed by atoms with Crippen molar-refractivity contribution in [1.82, 2.24) is 40.0 Å². The van der Waals surface area contributed by atoms with Gasteiger partial charge in [-0.15, -0.1) is 15.3 Å². The summed E-state index contributed by atoms with van der Waals surface area (Å²) in [4.78, 5) is 4.77. The van der Waals surface area contributed by atoms with Gasteiger partial charge in [-0.05, 0) is 34.7 Å². The molecule has 3 aromatic heterocycles. The number of hydrogen-bond acceptors (Lipinski definition) is 5. The molecule has 8 heteroatoms. The minimum Gasteiger partial charge on any atom is -0.263 e. The van der Waals surface area contributed by atoms with Gasteiger partial charge in [-0.2, -0.15) is 9.84 Å². The second-order valence-electron chi connectivity index (χ2n) is 7.76. The summed E-state index contributed by atoms with van der Waals surface area (Å²) in [6.07, 6.45) is 2.74. The summed E-state index contributed by atoms with van der Waals surface area (Å²) in [5, 5.41) is 19.3. The third-order valence-corrected chi connectivity index (χ3v) is 5.91. The lowest BCUT2D eigenvalue weighted by atomic mass is 9.98. The monoisotopic (exact) mass is 426 g/mol. The highest BCUT2D eigenvalue weighted by Gasteiger charge is 2.19. The number of benzene rings is 2. The second-order valence-corrected chi connectivity index (χ2v) is 7.76. The van der Waals surface area contributed by atoms with E-state index in [1.165, 1.54) is 16.8 Å². The van der Waals surface area contributed by atoms with Crippen LogP contribution in [0.3, 0.4) is 0 Å². The van der Waals surface area contributed by atoms with Crippen molar-refractivity contribution < 1.29 is 0 Å². The third-order valence-electron chi connectivity index (χ3n) is 5.91. The highest BCUT2D eigenvalue weighted by atomic mass is 15.5. The van der Waals surface area contributed by atoms with E-state index in [2.05, 4.69) is 76.4 Å². The molecule has 0 aliphatic heterocycles. The van der Waals surface area contributed by atoms with E-state index in [1.807, 2.05) is 22.8 Å². The molecule has 0 saturated carbocycles. The Hall–Kier alpha value is -3.81. The molecule has 0 fully saturated rings. The van der Waals surface area contributed by atoms with Gasteiger partial charge in [0.25, 0.3) is 0 Å². The molecule has 1 N–H and O–H groups in total. The molecule has 0 aliphatic carbocycles. The van der Waals surface area contributed by atoms with Gasteiger partial charge in [0.05, 0.1) is 6.54 Å². The molecule has 5 rings (SSSR count). The quantitative estimate of drug-likeness (QED) is 0.423. The van der Waals surface area contributed by atoms with E-state index in [0.29, 0.717) is 5.82 Å². The average molecular weight is 427 g/mol. The Balaban J connectivity index is 1.51. The zero-order valence-electron chi connectivity index (χ0n) is 18.6. The lowest BCUT2D eigenvalue weighted by molar-refractivity contribution is 0.555. The van der Waals surface area contributed by atoms with Crippen LogP contribution in [0.25, 0.3) is 28.2 Å². The molecule has 0 amide bonds. The van der Waals surface area contributed by atoms with Crippen LogP contribution in [0.4, 0.5) is 0 Å². The maximum absolute atomic E-state index is 4.77. The highest BCUT2D eigenvalue weighted by Crippen LogP contribution is 2.30. The van der Waals surface area contributed by atoms with Gasteiger partial charge in [0.15, 0.2) is 11.5 Å². The fraction of sp³-hybridized carbons (Fsp3) is 0.292. The molecule has 8 nitrogen and oxygen atoms in total. The molecule has 5 aromatic rings. The summed E-state index contributed by atoms with van der Waals surface area (Å²) < 4.78 is 4.26. The minimum atomic E-state index is 0.594. The SMILES string of the molecule is CCc1nc2c(CC)c(CC)n(Cc3ccc(-c4ccccc4-c4nn[nH]n4)cc3)n2n1. The Morgan fingerprint density at radius 3 is 2.31 bits per heavy atom. The number of aryl methyl sites for hydroxylation is 2. The Labute approximate surface area is 186 Å². The Bertz CT molecular complexity index is 1340. The molecule has 0 bridgehead atoms. The predicted molar refractivity (Wildman–Crippen MR) is 123 cm³/mol. The zero-order chi connectivity index (χ0) is 22.1. The standard InChI is InChI=1S/C24H26N8/c1-4-18-21(5-2)31(32-24(18)25-22(6-3)28-32)15-16-11-13-17(14-12-16)19-9-7-8-10-20(19)23-26-29-30-27-23/h7-14H,4-6,15H2,1-3H3,(H,26,27,29,30). The fourth-order valence-corrected chi connectivity index (χ4v) is 4.34. The number of rotatable bonds is 7. The van der Waals surface area contributed by atoms with Crippen molar-refractivity contribution in [3.8, 4) is 22.5 Å². The van der Waals surface area contributed by atoms with Crippen LogP contribution in [-0.4, -0.2) is 40.0 Å². The molecule has 0 unspecified atom stereocenters. The molecule has 0 atom stereocenters. The van der Waals surface area contributed by atoms with Crippen LogP contribution in [0.1, 0.15) is 43.4 Å². The van der Waals surface area contributed by atoms with Crippen LogP contribution in [0, 0.1) is 0 Å². The molecule has 2 aromatic carbocycles. The lowest BCUT2D eigenvalue weighted by Gasteiger charge is -2.11. The van der Waals surface area contributed by atoms with Gasteiger partial charge < -0.3 is 0 Å². The van der Waals surface area contributed by atoms with Crippen LogP contribution < -0.4 is 0 Å². The number of aromatic nitrogens is 8. The van der Waals surface area contributed by atoms with Gasteiger partial charge in [0.1, 0.15) is 0 Å². The number of aromatic amines is 1. The first-order valence-electron chi connectivity index (χ1n) is 11.1. The summed E-state index contributed by atoms with van der Waals surface area (Å²) >= 11 is 0. The van der Waals surface area contributed by atoms with E-state index >= 15 is 0 Å². The smallest absolute Gasteiger partial charge is 0.205 e. The molecular formula is C24H26N8. The van der Waals surface area contributed by atoms with E-state index in [-0.39, 0.29) is 0 Å². The number of fused-ring (bicyclic) bond motifs is 1. The topological polar surface area (TPSA) is 89.6 Å². The first-order chi connectivity index (χ1) is 15.7. The van der Waals surface area contributed by atoms with E-state index in [1.54, 1.807) is 0 Å². The van der Waals surface area contributed by atoms with Crippen LogP contribution in [0.2, 0.25) is 0 Å². The Morgan fingerprint density at radius 2 is 1.66 bits per heavy atom. The lowest BCUT2D eigenvalue weighted by Crippen LogP contribution is -2.12. The number of nitrogens with one attached hydrogen (secondary N) is 1. The van der Waals surface area contributed by atoms with Crippen LogP contribution in [-0.2, 0) is 25.8 Å². The van der Waals surface area contributed by atoms with Crippen molar-refractivity contribution in [3.63, 3.8) is 0 Å². The van der Waals surface area contributed by atoms with E-state index < -0.39 is 0 Å². The zero-order valence-corrected chi connectivity index (χ0v) is 18.6. The van der Waals surface area contributed by atoms with Gasteiger partial charge in [0, 0.05) is 23.2 Å². The molecule has 0 aliphatic rings. The second kappa shape index (κ2) is 8.37. The van der Waals surface area contributed by atoms with Crippen molar-refractivity contribution in [2.45, 2.75) is 46.6 Å². The van der Waals surface area contributed by atoms with E-state index in [0.717, 1.165) is 54.0 Å². The van der Waals surface area contributed by atoms with Crippen LogP contribution in [0.5, 0.6) is 0 Å². The molecule has 162 valence electrons.